The molecule has 0 atom stereocenters. The van der Waals surface area contributed by atoms with Gasteiger partial charge in [-0.3, -0.25) is 9.78 Å². The molecule has 1 saturated carbocycles. The first-order valence-corrected chi connectivity index (χ1v) is 13.4. The van der Waals surface area contributed by atoms with E-state index in [9.17, 15) is 9.90 Å². The van der Waals surface area contributed by atoms with Crippen LogP contribution >= 0.6 is 0 Å². The number of hydrogen-bond donors (Lipinski definition) is 1. The second-order valence-corrected chi connectivity index (χ2v) is 10.1. The van der Waals surface area contributed by atoms with E-state index in [-0.39, 0.29) is 0 Å². The Bertz CT molecular complexity index is 1650. The third-order valence-electron chi connectivity index (χ3n) is 7.55. The number of aliphatic carboxylic acids is 1. The van der Waals surface area contributed by atoms with Gasteiger partial charge < -0.3 is 14.4 Å². The summed E-state index contributed by atoms with van der Waals surface area (Å²) in [5, 5.41) is 13.8. The van der Waals surface area contributed by atoms with Crippen LogP contribution in [-0.2, 0) is 16.6 Å². The maximum absolute atomic E-state index is 11.6. The highest BCUT2D eigenvalue weighted by Gasteiger charge is 2.51. The van der Waals surface area contributed by atoms with Crippen LogP contribution in [0, 0.1) is 6.92 Å². The Morgan fingerprint density at radius 3 is 2.23 bits per heavy atom. The van der Waals surface area contributed by atoms with Crippen LogP contribution in [-0.4, -0.2) is 32.8 Å². The van der Waals surface area contributed by atoms with E-state index in [1.807, 2.05) is 92.7 Å². The number of carboxylic acid groups (broad SMARTS) is 1. The normalized spacial score (nSPS) is 13.7. The second kappa shape index (κ2) is 10.4. The smallest absolute Gasteiger partial charge is 0.314 e. The Labute approximate surface area is 232 Å². The van der Waals surface area contributed by atoms with Crippen molar-refractivity contribution in [2.24, 2.45) is 0 Å². The number of ether oxygens (including phenoxy) is 1. The second-order valence-electron chi connectivity index (χ2n) is 10.1. The predicted octanol–water partition coefficient (Wildman–Crippen LogP) is 6.88. The van der Waals surface area contributed by atoms with Crippen LogP contribution in [0.15, 0.2) is 89.6 Å². The highest BCUT2D eigenvalue weighted by atomic mass is 16.5. The quantitative estimate of drug-likeness (QED) is 0.221. The summed E-state index contributed by atoms with van der Waals surface area (Å²) in [6.45, 7) is 4.45. The topological polar surface area (TPSA) is 98.3 Å². The van der Waals surface area contributed by atoms with E-state index in [4.69, 9.17) is 14.2 Å². The maximum atomic E-state index is 11.6. The van der Waals surface area contributed by atoms with Crippen molar-refractivity contribution in [1.82, 2.24) is 15.1 Å². The molecule has 1 aliphatic rings. The summed E-state index contributed by atoms with van der Waals surface area (Å²) >= 11 is 0. The predicted molar refractivity (Wildman–Crippen MR) is 152 cm³/mol. The summed E-state index contributed by atoms with van der Waals surface area (Å²) in [7, 11) is 0. The average Bonchev–Trinajstić information content (AvgIpc) is 3.73. The molecule has 2 aromatic carbocycles. The van der Waals surface area contributed by atoms with Crippen molar-refractivity contribution in [2.45, 2.75) is 38.5 Å². The molecule has 0 radical (unpaired) electrons. The van der Waals surface area contributed by atoms with Crippen molar-refractivity contribution in [3.05, 3.63) is 108 Å². The monoisotopic (exact) mass is 531 g/mol. The summed E-state index contributed by atoms with van der Waals surface area (Å²) in [6, 6.07) is 25.8. The van der Waals surface area contributed by atoms with Gasteiger partial charge in [0, 0.05) is 41.1 Å². The zero-order chi connectivity index (χ0) is 27.7. The number of carboxylic acids is 1. The maximum Gasteiger partial charge on any atom is 0.314 e. The molecule has 5 aromatic rings. The standard InChI is InChI=1S/C33H29N3O4/c1-3-39-30-16-13-25(20-34-30)29-6-4-5-27(35-29)19-28-21(2)36-40-31(28)24-9-7-22(8-10-24)23-11-14-26(15-12-23)33(17-18-33)32(37)38/h4-16,20H,3,17-19H2,1-2H3,(H,37,38). The highest BCUT2D eigenvalue weighted by molar-refractivity contribution is 5.85. The molecule has 7 nitrogen and oxygen atoms in total. The Balaban J connectivity index is 1.21. The molecule has 200 valence electrons. The summed E-state index contributed by atoms with van der Waals surface area (Å²) in [4.78, 5) is 20.9. The van der Waals surface area contributed by atoms with Crippen LogP contribution in [0.3, 0.4) is 0 Å². The molecule has 6 rings (SSSR count). The Morgan fingerprint density at radius 2 is 1.60 bits per heavy atom. The Hall–Kier alpha value is -4.78. The van der Waals surface area contributed by atoms with E-state index in [0.29, 0.717) is 31.7 Å². The molecule has 3 heterocycles. The Morgan fingerprint density at radius 1 is 0.925 bits per heavy atom. The summed E-state index contributed by atoms with van der Waals surface area (Å²) in [5.41, 5.74) is 7.70. The molecule has 3 aromatic heterocycles. The fraction of sp³-hybridized carbons (Fsp3) is 0.212. The zero-order valence-electron chi connectivity index (χ0n) is 22.4. The van der Waals surface area contributed by atoms with E-state index in [2.05, 4.69) is 10.1 Å². The lowest BCUT2D eigenvalue weighted by atomic mass is 9.93. The number of benzene rings is 2. The van der Waals surface area contributed by atoms with Crippen molar-refractivity contribution in [3.63, 3.8) is 0 Å². The van der Waals surface area contributed by atoms with Crippen molar-refractivity contribution >= 4 is 5.97 Å². The number of aryl methyl sites for hydroxylation is 1. The lowest BCUT2D eigenvalue weighted by Crippen LogP contribution is -2.19. The minimum absolute atomic E-state index is 0.575. The van der Waals surface area contributed by atoms with Crippen LogP contribution in [0.1, 0.15) is 42.3 Å². The number of aromatic nitrogens is 3. The van der Waals surface area contributed by atoms with Gasteiger partial charge >= 0.3 is 5.97 Å². The first kappa shape index (κ1) is 25.5. The molecular weight excluding hydrogens is 502 g/mol. The lowest BCUT2D eigenvalue weighted by molar-refractivity contribution is -0.140. The third kappa shape index (κ3) is 4.86. The molecule has 0 spiro atoms. The number of pyridine rings is 2. The number of carbonyl (C=O) groups is 1. The molecule has 0 amide bonds. The van der Waals surface area contributed by atoms with E-state index in [0.717, 1.165) is 56.2 Å². The van der Waals surface area contributed by atoms with Gasteiger partial charge in [0.1, 0.15) is 0 Å². The molecule has 0 bridgehead atoms. The SMILES string of the molecule is CCOc1ccc(-c2cccc(Cc3c(C)noc3-c3ccc(-c4ccc(C5(C(=O)O)CC5)cc4)cc3)n2)cn1. The van der Waals surface area contributed by atoms with Crippen molar-refractivity contribution in [2.75, 3.05) is 6.61 Å². The van der Waals surface area contributed by atoms with Gasteiger partial charge in [0.25, 0.3) is 0 Å². The van der Waals surface area contributed by atoms with Crippen molar-refractivity contribution in [1.29, 1.82) is 0 Å². The van der Waals surface area contributed by atoms with Crippen LogP contribution in [0.4, 0.5) is 0 Å². The largest absolute Gasteiger partial charge is 0.481 e. The van der Waals surface area contributed by atoms with Crippen LogP contribution in [0.25, 0.3) is 33.7 Å². The molecule has 40 heavy (non-hydrogen) atoms. The van der Waals surface area contributed by atoms with Gasteiger partial charge in [-0.05, 0) is 61.6 Å². The fourth-order valence-corrected chi connectivity index (χ4v) is 5.06. The van der Waals surface area contributed by atoms with Gasteiger partial charge in [-0.15, -0.1) is 0 Å². The van der Waals surface area contributed by atoms with Crippen molar-refractivity contribution in [3.8, 4) is 39.6 Å². The minimum Gasteiger partial charge on any atom is -0.481 e. The number of nitrogens with zero attached hydrogens (tertiary/aromatic N) is 3. The van der Waals surface area contributed by atoms with Crippen LogP contribution < -0.4 is 4.74 Å². The van der Waals surface area contributed by atoms with E-state index < -0.39 is 11.4 Å². The molecule has 0 unspecified atom stereocenters. The van der Waals surface area contributed by atoms with Crippen LogP contribution in [0.2, 0.25) is 0 Å². The molecular formula is C33H29N3O4. The zero-order valence-corrected chi connectivity index (χ0v) is 22.4. The van der Waals surface area contributed by atoms with Gasteiger partial charge in [0.15, 0.2) is 5.76 Å². The van der Waals surface area contributed by atoms with Gasteiger partial charge in [-0.1, -0.05) is 59.8 Å². The first-order valence-electron chi connectivity index (χ1n) is 13.4. The average molecular weight is 532 g/mol. The minimum atomic E-state index is -0.738. The Kier molecular flexibility index (Phi) is 6.64. The molecule has 1 N–H and O–H groups in total. The van der Waals surface area contributed by atoms with Gasteiger partial charge in [-0.25, -0.2) is 4.98 Å². The van der Waals surface area contributed by atoms with E-state index in [1.54, 1.807) is 6.20 Å². The first-order chi connectivity index (χ1) is 19.5. The molecule has 0 aliphatic heterocycles. The summed E-state index contributed by atoms with van der Waals surface area (Å²) in [6.07, 6.45) is 3.76. The van der Waals surface area contributed by atoms with Gasteiger partial charge in [0.2, 0.25) is 5.88 Å². The molecule has 1 fully saturated rings. The van der Waals surface area contributed by atoms with Gasteiger partial charge in [0.05, 0.1) is 23.4 Å². The van der Waals surface area contributed by atoms with Crippen LogP contribution in [0.5, 0.6) is 5.88 Å². The fourth-order valence-electron chi connectivity index (χ4n) is 5.06. The molecule has 7 heteroatoms. The van der Waals surface area contributed by atoms with E-state index in [1.165, 1.54) is 0 Å². The van der Waals surface area contributed by atoms with Gasteiger partial charge in [-0.2, -0.15) is 0 Å². The summed E-state index contributed by atoms with van der Waals surface area (Å²) < 4.78 is 11.2. The lowest BCUT2D eigenvalue weighted by Gasteiger charge is -2.11. The highest BCUT2D eigenvalue weighted by Crippen LogP contribution is 2.48. The number of hydrogen-bond acceptors (Lipinski definition) is 6. The molecule has 0 saturated heterocycles. The third-order valence-corrected chi connectivity index (χ3v) is 7.55. The summed E-state index contributed by atoms with van der Waals surface area (Å²) in [5.74, 6) is 0.587. The van der Waals surface area contributed by atoms with Crippen molar-refractivity contribution < 1.29 is 19.2 Å². The van der Waals surface area contributed by atoms with E-state index >= 15 is 0 Å². The molecule has 1 aliphatic carbocycles. The number of rotatable bonds is 9.